The molecule has 0 bridgehead atoms. The monoisotopic (exact) mass is 294 g/mol. The Balaban J connectivity index is 2.78. The molecular weight excluding hydrogens is 283 g/mol. The van der Waals surface area contributed by atoms with Crippen molar-refractivity contribution < 1.29 is 9.84 Å². The van der Waals surface area contributed by atoms with Gasteiger partial charge in [-0.15, -0.1) is 0 Å². The molecule has 0 unspecified atom stereocenters. The molecule has 0 aliphatic heterocycles. The average Bonchev–Trinajstić information content (AvgIpc) is 2.17. The van der Waals surface area contributed by atoms with Crippen molar-refractivity contribution in [3.63, 3.8) is 0 Å². The molecule has 13 heavy (non-hydrogen) atoms. The summed E-state index contributed by atoms with van der Waals surface area (Å²) in [5.74, 6) is 0.570. The maximum Gasteiger partial charge on any atom is 0.215 e. The van der Waals surface area contributed by atoms with Gasteiger partial charge in [0.2, 0.25) is 5.88 Å². The van der Waals surface area contributed by atoms with Crippen LogP contribution >= 0.6 is 22.6 Å². The van der Waals surface area contributed by atoms with Crippen molar-refractivity contribution in [2.75, 3.05) is 25.6 Å². The average molecular weight is 294 g/mol. The van der Waals surface area contributed by atoms with Crippen molar-refractivity contribution in [3.8, 4) is 5.88 Å². The molecule has 72 valence electrons. The first-order chi connectivity index (χ1) is 6.27. The third-order valence-electron chi connectivity index (χ3n) is 1.47. The Morgan fingerprint density at radius 3 is 3.08 bits per heavy atom. The summed E-state index contributed by atoms with van der Waals surface area (Å²) >= 11 is 2.17. The fraction of sp³-hybridized carbons (Fsp3) is 0.375. The predicted octanol–water partition coefficient (Wildman–Crippen LogP) is 1.10. The minimum atomic E-state index is 0.112. The molecule has 0 saturated heterocycles. The minimum Gasteiger partial charge on any atom is -0.481 e. The molecule has 0 atom stereocenters. The Kier molecular flexibility index (Phi) is 4.23. The van der Waals surface area contributed by atoms with Crippen LogP contribution in [0.5, 0.6) is 5.88 Å². The number of aliphatic hydroxyl groups is 1. The van der Waals surface area contributed by atoms with Gasteiger partial charge in [-0.05, 0) is 22.6 Å². The highest BCUT2D eigenvalue weighted by Gasteiger charge is 2.01. The van der Waals surface area contributed by atoms with Gasteiger partial charge in [0.05, 0.1) is 23.0 Å². The zero-order valence-electron chi connectivity index (χ0n) is 7.25. The lowest BCUT2D eigenvalue weighted by Gasteiger charge is -2.07. The second-order valence-electron chi connectivity index (χ2n) is 2.36. The van der Waals surface area contributed by atoms with Gasteiger partial charge in [0.25, 0.3) is 0 Å². The summed E-state index contributed by atoms with van der Waals surface area (Å²) in [7, 11) is 1.57. The van der Waals surface area contributed by atoms with Gasteiger partial charge >= 0.3 is 0 Å². The lowest BCUT2D eigenvalue weighted by atomic mass is 10.4. The van der Waals surface area contributed by atoms with E-state index in [1.807, 2.05) is 0 Å². The first-order valence-electron chi connectivity index (χ1n) is 3.82. The maximum absolute atomic E-state index is 8.63. The second-order valence-corrected chi connectivity index (χ2v) is 3.52. The van der Waals surface area contributed by atoms with E-state index in [1.165, 1.54) is 0 Å². The quantitative estimate of drug-likeness (QED) is 0.817. The van der Waals surface area contributed by atoms with Gasteiger partial charge in [-0.1, -0.05) is 0 Å². The molecular formula is C8H11IN2O2. The van der Waals surface area contributed by atoms with Gasteiger partial charge in [-0.2, -0.15) is 0 Å². The highest BCUT2D eigenvalue weighted by Crippen LogP contribution is 2.20. The molecule has 1 aromatic rings. The molecule has 1 rings (SSSR count). The Hall–Kier alpha value is -0.560. The second kappa shape index (κ2) is 5.23. The summed E-state index contributed by atoms with van der Waals surface area (Å²) in [6.45, 7) is 0.643. The van der Waals surface area contributed by atoms with Crippen LogP contribution in [0.4, 0.5) is 5.69 Å². The van der Waals surface area contributed by atoms with Crippen LogP contribution < -0.4 is 10.1 Å². The summed E-state index contributed by atoms with van der Waals surface area (Å²) < 4.78 is 5.98. The molecule has 0 aliphatic rings. The third kappa shape index (κ3) is 3.00. The Labute approximate surface area is 90.5 Å². The molecule has 1 aromatic heterocycles. The first kappa shape index (κ1) is 10.5. The number of halogens is 1. The number of anilines is 1. The number of pyridine rings is 1. The van der Waals surface area contributed by atoms with E-state index in [4.69, 9.17) is 9.84 Å². The van der Waals surface area contributed by atoms with Crippen molar-refractivity contribution in [2.24, 2.45) is 0 Å². The number of hydrogen-bond acceptors (Lipinski definition) is 4. The highest BCUT2D eigenvalue weighted by molar-refractivity contribution is 14.1. The molecule has 0 amide bonds. The van der Waals surface area contributed by atoms with E-state index in [9.17, 15) is 0 Å². The zero-order chi connectivity index (χ0) is 9.68. The van der Waals surface area contributed by atoms with Gasteiger partial charge in [0.15, 0.2) is 0 Å². The van der Waals surface area contributed by atoms with E-state index in [0.29, 0.717) is 12.4 Å². The number of ether oxygens (including phenoxy) is 1. The van der Waals surface area contributed by atoms with Crippen LogP contribution in [0, 0.1) is 3.57 Å². The van der Waals surface area contributed by atoms with Crippen molar-refractivity contribution in [3.05, 3.63) is 15.8 Å². The van der Waals surface area contributed by atoms with Crippen LogP contribution in [-0.2, 0) is 0 Å². The van der Waals surface area contributed by atoms with E-state index in [-0.39, 0.29) is 6.61 Å². The number of rotatable bonds is 4. The first-order valence-corrected chi connectivity index (χ1v) is 4.90. The van der Waals surface area contributed by atoms with Crippen molar-refractivity contribution in [2.45, 2.75) is 0 Å². The molecule has 0 aliphatic carbocycles. The Morgan fingerprint density at radius 1 is 1.69 bits per heavy atom. The lowest BCUT2D eigenvalue weighted by molar-refractivity contribution is 0.311. The van der Waals surface area contributed by atoms with Crippen LogP contribution in [-0.4, -0.2) is 30.4 Å². The summed E-state index contributed by atoms with van der Waals surface area (Å²) in [6, 6.07) is 1.80. The number of methoxy groups -OCH3 is 1. The minimum absolute atomic E-state index is 0.112. The van der Waals surface area contributed by atoms with Crippen LogP contribution in [0.2, 0.25) is 0 Å². The Morgan fingerprint density at radius 2 is 2.46 bits per heavy atom. The van der Waals surface area contributed by atoms with Gasteiger partial charge in [0, 0.05) is 18.8 Å². The van der Waals surface area contributed by atoms with Gasteiger partial charge in [-0.25, -0.2) is 4.98 Å². The lowest BCUT2D eigenvalue weighted by Crippen LogP contribution is -2.07. The standard InChI is InChI=1S/C8H11IN2O2/c1-13-8-4-7(10-2-3-12)6(9)5-11-8/h4-5,12H,2-3H2,1H3,(H,10,11). The summed E-state index contributed by atoms with van der Waals surface area (Å²) in [5, 5.41) is 11.7. The topological polar surface area (TPSA) is 54.4 Å². The molecule has 0 radical (unpaired) electrons. The normalized spacial score (nSPS) is 9.77. The third-order valence-corrected chi connectivity index (χ3v) is 2.33. The smallest absolute Gasteiger partial charge is 0.215 e. The SMILES string of the molecule is COc1cc(NCCO)c(I)cn1. The molecule has 0 spiro atoms. The van der Waals surface area contributed by atoms with E-state index >= 15 is 0 Å². The van der Waals surface area contributed by atoms with Crippen LogP contribution in [0.15, 0.2) is 12.3 Å². The van der Waals surface area contributed by atoms with Crippen molar-refractivity contribution in [1.29, 1.82) is 0 Å². The molecule has 5 heteroatoms. The maximum atomic E-state index is 8.63. The fourth-order valence-electron chi connectivity index (χ4n) is 0.857. The number of nitrogens with one attached hydrogen (secondary N) is 1. The van der Waals surface area contributed by atoms with E-state index in [1.54, 1.807) is 19.4 Å². The number of aromatic nitrogens is 1. The number of nitrogens with zero attached hydrogens (tertiary/aromatic N) is 1. The summed E-state index contributed by atoms with van der Waals surface area (Å²) in [4.78, 5) is 4.03. The number of hydrogen-bond donors (Lipinski definition) is 2. The Bertz CT molecular complexity index is 281. The fourth-order valence-corrected chi connectivity index (χ4v) is 1.34. The van der Waals surface area contributed by atoms with Crippen molar-refractivity contribution >= 4 is 28.3 Å². The number of aliphatic hydroxyl groups excluding tert-OH is 1. The van der Waals surface area contributed by atoms with E-state index in [0.717, 1.165) is 9.26 Å². The molecule has 0 fully saturated rings. The predicted molar refractivity (Wildman–Crippen MR) is 59.1 cm³/mol. The van der Waals surface area contributed by atoms with Crippen LogP contribution in [0.1, 0.15) is 0 Å². The van der Waals surface area contributed by atoms with Crippen LogP contribution in [0.3, 0.4) is 0 Å². The van der Waals surface area contributed by atoms with Crippen LogP contribution in [0.25, 0.3) is 0 Å². The molecule has 0 saturated carbocycles. The van der Waals surface area contributed by atoms with Crippen molar-refractivity contribution in [1.82, 2.24) is 4.98 Å². The summed E-state index contributed by atoms with van der Waals surface area (Å²) in [5.41, 5.74) is 0.932. The van der Waals surface area contributed by atoms with E-state index < -0.39 is 0 Å². The van der Waals surface area contributed by atoms with E-state index in [2.05, 4.69) is 32.9 Å². The highest BCUT2D eigenvalue weighted by atomic mass is 127. The molecule has 1 heterocycles. The largest absolute Gasteiger partial charge is 0.481 e. The van der Waals surface area contributed by atoms with Gasteiger partial charge in [-0.3, -0.25) is 0 Å². The van der Waals surface area contributed by atoms with Gasteiger partial charge in [0.1, 0.15) is 0 Å². The zero-order valence-corrected chi connectivity index (χ0v) is 9.41. The summed E-state index contributed by atoms with van der Waals surface area (Å²) in [6.07, 6.45) is 1.72. The molecule has 4 nitrogen and oxygen atoms in total. The molecule has 0 aromatic carbocycles. The molecule has 2 N–H and O–H groups in total. The van der Waals surface area contributed by atoms with Gasteiger partial charge < -0.3 is 15.2 Å².